The minimum atomic E-state index is -0.689. The number of aromatic nitrogens is 3. The van der Waals surface area contributed by atoms with Gasteiger partial charge in [-0.05, 0) is 92.6 Å². The first-order valence-electron chi connectivity index (χ1n) is 16.5. The van der Waals surface area contributed by atoms with Crippen LogP contribution >= 0.6 is 0 Å². The largest absolute Gasteiger partial charge is 0.508 e. The topological polar surface area (TPSA) is 104 Å². The molecule has 4 fully saturated rings. The van der Waals surface area contributed by atoms with Gasteiger partial charge in [-0.1, -0.05) is 13.0 Å². The number of carbonyl (C=O) groups excluding carboxylic acids is 1. The van der Waals surface area contributed by atoms with Crippen molar-refractivity contribution in [2.24, 2.45) is 5.41 Å². The molecular weight excluding hydrogens is 590 g/mol. The first-order chi connectivity index (χ1) is 22.3. The van der Waals surface area contributed by atoms with Crippen molar-refractivity contribution in [3.05, 3.63) is 47.7 Å². The van der Waals surface area contributed by atoms with Crippen LogP contribution in [0.4, 0.5) is 14.6 Å². The van der Waals surface area contributed by atoms with E-state index in [-0.39, 0.29) is 39.8 Å². The summed E-state index contributed by atoms with van der Waals surface area (Å²) in [4.78, 5) is 30.5. The van der Waals surface area contributed by atoms with Crippen molar-refractivity contribution < 1.29 is 23.4 Å². The Morgan fingerprint density at radius 1 is 1.07 bits per heavy atom. The number of halogens is 2. The van der Waals surface area contributed by atoms with E-state index in [0.717, 1.165) is 45.3 Å². The molecule has 0 bridgehead atoms. The molecule has 2 N–H and O–H groups in total. The highest BCUT2D eigenvalue weighted by molar-refractivity contribution is 6.01. The Labute approximate surface area is 266 Å². The van der Waals surface area contributed by atoms with Crippen LogP contribution in [0.15, 0.2) is 30.5 Å². The molecular formula is C35H38F2N6O3. The number of aryl methyl sites for hydroxylation is 1. The molecule has 9 nitrogen and oxygen atoms in total. The van der Waals surface area contributed by atoms with Crippen LogP contribution in [-0.2, 0) is 11.2 Å². The maximum atomic E-state index is 16.8. The van der Waals surface area contributed by atoms with Crippen LogP contribution in [0.1, 0.15) is 57.4 Å². The molecule has 46 heavy (non-hydrogen) atoms. The summed E-state index contributed by atoms with van der Waals surface area (Å²) in [6, 6.07) is 6.03. The molecule has 1 aliphatic carbocycles. The second-order valence-corrected chi connectivity index (χ2v) is 13.8. The summed E-state index contributed by atoms with van der Waals surface area (Å²) in [5, 5.41) is 15.2. The number of piperidine rings is 1. The SMILES string of the molecule is CCc1c(F)ccc2cc(O)cc(-c3ncc4c(N5CCC[C@]6(CC(=O)N6)C5)nc(OCC5(CN6CCCC6)CC5)nc4c3F)c12. The number of hydrogen-bond donors (Lipinski definition) is 2. The fourth-order valence-electron chi connectivity index (χ4n) is 7.85. The zero-order valence-electron chi connectivity index (χ0n) is 26.0. The molecule has 1 atom stereocenters. The number of hydrogen-bond acceptors (Lipinski definition) is 8. The molecule has 1 amide bonds. The number of rotatable bonds is 8. The molecule has 4 aliphatic rings. The minimum Gasteiger partial charge on any atom is -0.508 e. The normalized spacial score (nSPS) is 22.4. The molecule has 1 spiro atoms. The van der Waals surface area contributed by atoms with Gasteiger partial charge >= 0.3 is 6.01 Å². The summed E-state index contributed by atoms with van der Waals surface area (Å²) in [6.45, 7) is 6.72. The highest BCUT2D eigenvalue weighted by Crippen LogP contribution is 2.47. The Hall–Kier alpha value is -4.12. The Morgan fingerprint density at radius 3 is 2.61 bits per heavy atom. The number of ether oxygens (including phenoxy) is 1. The molecule has 11 heteroatoms. The van der Waals surface area contributed by atoms with Gasteiger partial charge in [0.05, 0.1) is 24.0 Å². The van der Waals surface area contributed by atoms with Gasteiger partial charge in [-0.25, -0.2) is 8.78 Å². The van der Waals surface area contributed by atoms with Gasteiger partial charge in [0.15, 0.2) is 5.82 Å². The van der Waals surface area contributed by atoms with Crippen LogP contribution in [0.25, 0.3) is 32.9 Å². The van der Waals surface area contributed by atoms with Crippen LogP contribution in [0.3, 0.4) is 0 Å². The van der Waals surface area contributed by atoms with Crippen LogP contribution < -0.4 is 15.0 Å². The molecule has 0 unspecified atom stereocenters. The van der Waals surface area contributed by atoms with Crippen molar-refractivity contribution in [2.45, 2.75) is 63.8 Å². The van der Waals surface area contributed by atoms with Gasteiger partial charge in [0.25, 0.3) is 0 Å². The summed E-state index contributed by atoms with van der Waals surface area (Å²) < 4.78 is 38.1. The lowest BCUT2D eigenvalue weighted by Gasteiger charge is -2.49. The van der Waals surface area contributed by atoms with E-state index >= 15 is 4.39 Å². The van der Waals surface area contributed by atoms with Gasteiger partial charge in [-0.2, -0.15) is 9.97 Å². The van der Waals surface area contributed by atoms with Crippen molar-refractivity contribution in [1.29, 1.82) is 0 Å². The number of nitrogens with zero attached hydrogens (tertiary/aromatic N) is 5. The summed E-state index contributed by atoms with van der Waals surface area (Å²) in [7, 11) is 0. The number of pyridine rings is 1. The van der Waals surface area contributed by atoms with Gasteiger partial charge in [0, 0.05) is 36.8 Å². The molecule has 8 rings (SSSR count). The number of fused-ring (bicyclic) bond motifs is 2. The molecule has 4 aromatic rings. The number of benzene rings is 2. The highest BCUT2D eigenvalue weighted by Gasteiger charge is 2.47. The molecule has 2 aromatic carbocycles. The van der Waals surface area contributed by atoms with E-state index in [0.29, 0.717) is 65.6 Å². The van der Waals surface area contributed by atoms with Gasteiger partial charge in [0.2, 0.25) is 5.91 Å². The van der Waals surface area contributed by atoms with Crippen LogP contribution in [-0.4, -0.2) is 75.7 Å². The Balaban J connectivity index is 1.23. The monoisotopic (exact) mass is 628 g/mol. The third kappa shape index (κ3) is 5.09. The minimum absolute atomic E-state index is 0.0293. The average Bonchev–Trinajstić information content (AvgIpc) is 3.60. The molecule has 3 saturated heterocycles. The van der Waals surface area contributed by atoms with E-state index in [9.17, 15) is 14.3 Å². The summed E-state index contributed by atoms with van der Waals surface area (Å²) in [6.07, 6.45) is 8.70. The van der Waals surface area contributed by atoms with Crippen molar-refractivity contribution >= 4 is 33.4 Å². The third-order valence-corrected chi connectivity index (χ3v) is 10.4. The zero-order valence-corrected chi connectivity index (χ0v) is 26.0. The number of carbonyl (C=O) groups is 1. The number of anilines is 1. The summed E-state index contributed by atoms with van der Waals surface area (Å²) >= 11 is 0. The summed E-state index contributed by atoms with van der Waals surface area (Å²) in [5.74, 6) is -0.605. The van der Waals surface area contributed by atoms with Crippen molar-refractivity contribution in [2.75, 3.05) is 44.2 Å². The van der Waals surface area contributed by atoms with Gasteiger partial charge in [0.1, 0.15) is 28.6 Å². The standard InChI is InChI=1S/C35H38F2N6O3/c1-2-23-26(36)7-6-21-14-22(44)15-24(28(21)23)30-29(37)31-25(17-38-30)32(43-13-5-8-35(19-43)16-27(45)41-35)40-33(39-31)46-20-34(9-10-34)18-42-11-3-4-12-42/h6-7,14-15,17,44H,2-5,8-13,16,18-20H2,1H3,(H,41,45)/t35-/m0/s1. The lowest BCUT2D eigenvalue weighted by molar-refractivity contribution is -0.133. The number of phenols is 1. The van der Waals surface area contributed by atoms with Gasteiger partial charge in [-0.15, -0.1) is 0 Å². The second-order valence-electron chi connectivity index (χ2n) is 13.8. The van der Waals surface area contributed by atoms with Crippen molar-refractivity contribution in [3.8, 4) is 23.0 Å². The molecule has 240 valence electrons. The van der Waals surface area contributed by atoms with E-state index in [1.54, 1.807) is 18.3 Å². The smallest absolute Gasteiger partial charge is 0.319 e. The maximum Gasteiger partial charge on any atom is 0.319 e. The maximum absolute atomic E-state index is 16.8. The third-order valence-electron chi connectivity index (χ3n) is 10.4. The van der Waals surface area contributed by atoms with Crippen LogP contribution in [0.5, 0.6) is 11.8 Å². The van der Waals surface area contributed by atoms with E-state index in [1.807, 2.05) is 6.92 Å². The fraction of sp³-hybridized carbons (Fsp3) is 0.486. The predicted octanol–water partition coefficient (Wildman–Crippen LogP) is 5.50. The van der Waals surface area contributed by atoms with E-state index in [4.69, 9.17) is 9.72 Å². The van der Waals surface area contributed by atoms with E-state index in [2.05, 4.69) is 25.1 Å². The van der Waals surface area contributed by atoms with Crippen LogP contribution in [0.2, 0.25) is 0 Å². The quantitative estimate of drug-likeness (QED) is 0.247. The lowest BCUT2D eigenvalue weighted by atomic mass is 9.80. The number of nitrogens with one attached hydrogen (secondary N) is 1. The first-order valence-corrected chi connectivity index (χ1v) is 16.5. The molecule has 5 heterocycles. The number of β-lactam (4-membered cyclic amide) rings is 1. The number of aromatic hydroxyl groups is 1. The fourth-order valence-corrected chi connectivity index (χ4v) is 7.85. The Morgan fingerprint density at radius 2 is 1.87 bits per heavy atom. The molecule has 0 radical (unpaired) electrons. The molecule has 2 aromatic heterocycles. The molecule has 3 aliphatic heterocycles. The van der Waals surface area contributed by atoms with E-state index in [1.165, 1.54) is 25.0 Å². The Bertz CT molecular complexity index is 1870. The lowest BCUT2D eigenvalue weighted by Crippen LogP contribution is -2.68. The highest BCUT2D eigenvalue weighted by atomic mass is 19.1. The average molecular weight is 629 g/mol. The van der Waals surface area contributed by atoms with Gasteiger partial charge < -0.3 is 25.0 Å². The Kier molecular flexibility index (Phi) is 7.00. The van der Waals surface area contributed by atoms with Gasteiger partial charge in [-0.3, -0.25) is 9.78 Å². The summed E-state index contributed by atoms with van der Waals surface area (Å²) in [5.41, 5.74) is 0.474. The molecule has 1 saturated carbocycles. The number of likely N-dealkylation sites (tertiary alicyclic amines) is 1. The van der Waals surface area contributed by atoms with E-state index < -0.39 is 11.6 Å². The predicted molar refractivity (Wildman–Crippen MR) is 171 cm³/mol. The van der Waals surface area contributed by atoms with Crippen molar-refractivity contribution in [3.63, 3.8) is 0 Å². The number of amides is 1. The second kappa shape index (κ2) is 11.0. The van der Waals surface area contributed by atoms with Crippen LogP contribution in [0, 0.1) is 17.0 Å². The first kappa shape index (κ1) is 29.3. The number of phenolic OH excluding ortho intramolecular Hbond substituents is 1. The van der Waals surface area contributed by atoms with Crippen molar-refractivity contribution in [1.82, 2.24) is 25.2 Å². The zero-order chi connectivity index (χ0) is 31.6.